The van der Waals surface area contributed by atoms with Crippen LogP contribution in [-0.4, -0.2) is 11.1 Å². The van der Waals surface area contributed by atoms with E-state index >= 15 is 0 Å². The molecule has 0 saturated heterocycles. The van der Waals surface area contributed by atoms with E-state index in [1.54, 1.807) is 18.2 Å². The Labute approximate surface area is 128 Å². The molecule has 1 aromatic carbocycles. The summed E-state index contributed by atoms with van der Waals surface area (Å²) in [5.74, 6) is 0.143. The smallest absolute Gasteiger partial charge is 0.231 e. The predicted molar refractivity (Wildman–Crippen MR) is 79.8 cm³/mol. The maximum absolute atomic E-state index is 14.0. The average molecular weight is 302 g/mol. The summed E-state index contributed by atoms with van der Waals surface area (Å²) >= 11 is 0. The molecule has 1 aliphatic carbocycles. The quantitative estimate of drug-likeness (QED) is 0.922. The van der Waals surface area contributed by atoms with Gasteiger partial charge < -0.3 is 9.84 Å². The van der Waals surface area contributed by atoms with Crippen molar-refractivity contribution in [3.63, 3.8) is 0 Å². The summed E-state index contributed by atoms with van der Waals surface area (Å²) < 4.78 is 19.2. The summed E-state index contributed by atoms with van der Waals surface area (Å²) in [6.07, 6.45) is 2.12. The fraction of sp³-hybridized carbons (Fsp3) is 0.412. The molecule has 116 valence electrons. The highest BCUT2D eigenvalue weighted by atomic mass is 19.1. The minimum Gasteiger partial charge on any atom is -0.359 e. The molecule has 1 aliphatic rings. The number of amides is 1. The Morgan fingerprint density at radius 1 is 1.45 bits per heavy atom. The van der Waals surface area contributed by atoms with Gasteiger partial charge in [0.05, 0.1) is 17.2 Å². The van der Waals surface area contributed by atoms with Crippen molar-refractivity contribution in [1.82, 2.24) is 10.5 Å². The van der Waals surface area contributed by atoms with Crippen molar-refractivity contribution in [3.05, 3.63) is 53.2 Å². The van der Waals surface area contributed by atoms with Crippen LogP contribution in [0.2, 0.25) is 0 Å². The minimum atomic E-state index is -0.729. The van der Waals surface area contributed by atoms with Gasteiger partial charge in [0.15, 0.2) is 5.76 Å². The molecule has 1 saturated carbocycles. The number of nitrogens with zero attached hydrogens (tertiary/aromatic N) is 1. The summed E-state index contributed by atoms with van der Waals surface area (Å²) in [5.41, 5.74) is 0.602. The molecule has 1 aromatic heterocycles. The number of nitrogens with one attached hydrogen (secondary N) is 1. The SMILES string of the molecule is CCc1cc([C@H](C)NC(=O)C2(c3ccccc3F)CC2)on1. The second-order valence-electron chi connectivity index (χ2n) is 5.83. The fourth-order valence-electron chi connectivity index (χ4n) is 2.70. The molecule has 0 bridgehead atoms. The summed E-state index contributed by atoms with van der Waals surface area (Å²) in [6.45, 7) is 3.83. The van der Waals surface area contributed by atoms with Gasteiger partial charge in [0.2, 0.25) is 5.91 Å². The van der Waals surface area contributed by atoms with Gasteiger partial charge in [-0.25, -0.2) is 4.39 Å². The van der Waals surface area contributed by atoms with E-state index in [1.807, 2.05) is 19.9 Å². The molecule has 1 fully saturated rings. The molecule has 2 aromatic rings. The van der Waals surface area contributed by atoms with E-state index < -0.39 is 5.41 Å². The van der Waals surface area contributed by atoms with E-state index in [4.69, 9.17) is 4.52 Å². The normalized spacial score (nSPS) is 17.0. The zero-order chi connectivity index (χ0) is 15.7. The van der Waals surface area contributed by atoms with Gasteiger partial charge in [0.25, 0.3) is 0 Å². The van der Waals surface area contributed by atoms with Crippen molar-refractivity contribution in [2.75, 3.05) is 0 Å². The van der Waals surface area contributed by atoms with E-state index in [2.05, 4.69) is 10.5 Å². The Morgan fingerprint density at radius 3 is 2.77 bits per heavy atom. The van der Waals surface area contributed by atoms with Crippen LogP contribution in [0, 0.1) is 5.82 Å². The third-order valence-electron chi connectivity index (χ3n) is 4.29. The van der Waals surface area contributed by atoms with Crippen LogP contribution in [0.25, 0.3) is 0 Å². The molecule has 0 radical (unpaired) electrons. The van der Waals surface area contributed by atoms with Crippen LogP contribution in [0.5, 0.6) is 0 Å². The molecular formula is C17H19FN2O2. The van der Waals surface area contributed by atoms with Crippen LogP contribution in [0.3, 0.4) is 0 Å². The minimum absolute atomic E-state index is 0.153. The van der Waals surface area contributed by atoms with Crippen molar-refractivity contribution in [1.29, 1.82) is 0 Å². The first-order chi connectivity index (χ1) is 10.6. The van der Waals surface area contributed by atoms with Crippen LogP contribution in [0.4, 0.5) is 4.39 Å². The zero-order valence-corrected chi connectivity index (χ0v) is 12.7. The van der Waals surface area contributed by atoms with Crippen molar-refractivity contribution in [2.24, 2.45) is 0 Å². The molecule has 5 heteroatoms. The van der Waals surface area contributed by atoms with Gasteiger partial charge in [-0.2, -0.15) is 0 Å². The van der Waals surface area contributed by atoms with Crippen LogP contribution in [-0.2, 0) is 16.6 Å². The van der Waals surface area contributed by atoms with Gasteiger partial charge in [-0.15, -0.1) is 0 Å². The number of aromatic nitrogens is 1. The van der Waals surface area contributed by atoms with Crippen LogP contribution in [0.1, 0.15) is 49.7 Å². The molecule has 1 heterocycles. The summed E-state index contributed by atoms with van der Waals surface area (Å²) in [4.78, 5) is 12.6. The van der Waals surface area contributed by atoms with Crippen LogP contribution in [0.15, 0.2) is 34.9 Å². The average Bonchev–Trinajstić information content (AvgIpc) is 3.17. The number of benzene rings is 1. The maximum atomic E-state index is 14.0. The molecule has 0 unspecified atom stereocenters. The third-order valence-corrected chi connectivity index (χ3v) is 4.29. The highest BCUT2D eigenvalue weighted by Crippen LogP contribution is 2.49. The molecular weight excluding hydrogens is 283 g/mol. The second kappa shape index (κ2) is 5.55. The Balaban J connectivity index is 1.75. The van der Waals surface area contributed by atoms with Gasteiger partial charge in [0, 0.05) is 11.6 Å². The summed E-state index contributed by atoms with van der Waals surface area (Å²) in [5, 5.41) is 6.85. The number of carbonyl (C=O) groups excluding carboxylic acids is 1. The van der Waals surface area contributed by atoms with Crippen molar-refractivity contribution < 1.29 is 13.7 Å². The van der Waals surface area contributed by atoms with E-state index in [-0.39, 0.29) is 17.8 Å². The summed E-state index contributed by atoms with van der Waals surface area (Å²) in [7, 11) is 0. The molecule has 1 amide bonds. The first kappa shape index (κ1) is 14.8. The number of aryl methyl sites for hydroxylation is 1. The standard InChI is InChI=1S/C17H19FN2O2/c1-3-12-10-15(22-20-12)11(2)19-16(21)17(8-9-17)13-6-4-5-7-14(13)18/h4-7,10-11H,3,8-9H2,1-2H3,(H,19,21)/t11-/m0/s1. The summed E-state index contributed by atoms with van der Waals surface area (Å²) in [6, 6.07) is 8.04. The monoisotopic (exact) mass is 302 g/mol. The van der Waals surface area contributed by atoms with Gasteiger partial charge in [0.1, 0.15) is 5.82 Å². The number of hydrogen-bond donors (Lipinski definition) is 1. The lowest BCUT2D eigenvalue weighted by molar-refractivity contribution is -0.124. The van der Waals surface area contributed by atoms with Crippen LogP contribution < -0.4 is 5.32 Å². The molecule has 0 spiro atoms. The number of carbonyl (C=O) groups is 1. The Hall–Kier alpha value is -2.17. The molecule has 22 heavy (non-hydrogen) atoms. The number of halogens is 1. The molecule has 4 nitrogen and oxygen atoms in total. The van der Waals surface area contributed by atoms with E-state index in [0.717, 1.165) is 12.1 Å². The highest BCUT2D eigenvalue weighted by Gasteiger charge is 2.53. The number of rotatable bonds is 5. The Kier molecular flexibility index (Phi) is 3.72. The molecule has 1 atom stereocenters. The molecule has 0 aliphatic heterocycles. The van der Waals surface area contributed by atoms with Gasteiger partial charge in [-0.05, 0) is 32.3 Å². The van der Waals surface area contributed by atoms with E-state index in [0.29, 0.717) is 24.2 Å². The van der Waals surface area contributed by atoms with Gasteiger partial charge in [-0.1, -0.05) is 30.3 Å². The number of hydrogen-bond acceptors (Lipinski definition) is 3. The first-order valence-corrected chi connectivity index (χ1v) is 7.58. The molecule has 1 N–H and O–H groups in total. The first-order valence-electron chi connectivity index (χ1n) is 7.58. The van der Waals surface area contributed by atoms with Gasteiger partial charge in [-0.3, -0.25) is 4.79 Å². The lowest BCUT2D eigenvalue weighted by Gasteiger charge is -2.19. The van der Waals surface area contributed by atoms with Crippen molar-refractivity contribution >= 4 is 5.91 Å². The molecule has 3 rings (SSSR count). The Morgan fingerprint density at radius 2 is 2.18 bits per heavy atom. The zero-order valence-electron chi connectivity index (χ0n) is 12.7. The lowest BCUT2D eigenvalue weighted by atomic mass is 9.94. The van der Waals surface area contributed by atoms with Gasteiger partial charge >= 0.3 is 0 Å². The maximum Gasteiger partial charge on any atom is 0.231 e. The van der Waals surface area contributed by atoms with Crippen LogP contribution >= 0.6 is 0 Å². The second-order valence-corrected chi connectivity index (χ2v) is 5.83. The van der Waals surface area contributed by atoms with E-state index in [9.17, 15) is 9.18 Å². The highest BCUT2D eigenvalue weighted by molar-refractivity contribution is 5.91. The van der Waals surface area contributed by atoms with E-state index in [1.165, 1.54) is 6.07 Å². The largest absolute Gasteiger partial charge is 0.359 e. The fourth-order valence-corrected chi connectivity index (χ4v) is 2.70. The topological polar surface area (TPSA) is 55.1 Å². The van der Waals surface area contributed by atoms with Crippen molar-refractivity contribution in [2.45, 2.75) is 44.6 Å². The Bertz CT molecular complexity index is 691. The van der Waals surface area contributed by atoms with Crippen molar-refractivity contribution in [3.8, 4) is 0 Å². The lowest BCUT2D eigenvalue weighted by Crippen LogP contribution is -2.36. The third kappa shape index (κ3) is 2.51. The predicted octanol–water partition coefficient (Wildman–Crippen LogP) is 3.29.